The van der Waals surface area contributed by atoms with Crippen LogP contribution in [0, 0.1) is 0 Å². The van der Waals surface area contributed by atoms with E-state index in [4.69, 9.17) is 10.5 Å². The molecule has 0 spiro atoms. The second-order valence-corrected chi connectivity index (χ2v) is 4.26. The zero-order valence-electron chi connectivity index (χ0n) is 9.79. The molecule has 0 radical (unpaired) electrons. The van der Waals surface area contributed by atoms with Gasteiger partial charge in [-0.15, -0.1) is 0 Å². The van der Waals surface area contributed by atoms with Crippen LogP contribution in [0.2, 0.25) is 0 Å². The standard InChI is InChI=1S/C11H22N2O2/c1-3-7-13(8-6-12)10(14)11(2)5-4-9-15-11/h3-9,12H2,1-2H3. The molecule has 0 aromatic heterocycles. The summed E-state index contributed by atoms with van der Waals surface area (Å²) in [4.78, 5) is 14.0. The lowest BCUT2D eigenvalue weighted by Crippen LogP contribution is -2.48. The van der Waals surface area contributed by atoms with Crippen LogP contribution in [0.1, 0.15) is 33.1 Å². The van der Waals surface area contributed by atoms with Crippen LogP contribution < -0.4 is 5.73 Å². The number of ether oxygens (including phenoxy) is 1. The SMILES string of the molecule is CCCN(CCN)C(=O)C1(C)CCCO1. The molecule has 88 valence electrons. The molecule has 1 amide bonds. The normalized spacial score (nSPS) is 25.5. The summed E-state index contributed by atoms with van der Waals surface area (Å²) >= 11 is 0. The van der Waals surface area contributed by atoms with Crippen molar-refractivity contribution >= 4 is 5.91 Å². The second kappa shape index (κ2) is 5.47. The van der Waals surface area contributed by atoms with E-state index in [9.17, 15) is 4.79 Å². The van der Waals surface area contributed by atoms with E-state index in [1.165, 1.54) is 0 Å². The van der Waals surface area contributed by atoms with Gasteiger partial charge in [0.05, 0.1) is 0 Å². The van der Waals surface area contributed by atoms with E-state index in [0.29, 0.717) is 19.7 Å². The Morgan fingerprint density at radius 1 is 1.53 bits per heavy atom. The minimum absolute atomic E-state index is 0.104. The van der Waals surface area contributed by atoms with Crippen molar-refractivity contribution in [1.82, 2.24) is 4.90 Å². The number of amides is 1. The molecular formula is C11H22N2O2. The lowest BCUT2D eigenvalue weighted by molar-refractivity contribution is -0.150. The van der Waals surface area contributed by atoms with Crippen LogP contribution in [-0.2, 0) is 9.53 Å². The number of rotatable bonds is 5. The van der Waals surface area contributed by atoms with Crippen molar-refractivity contribution in [2.75, 3.05) is 26.2 Å². The molecule has 4 nitrogen and oxygen atoms in total. The minimum Gasteiger partial charge on any atom is -0.365 e. The van der Waals surface area contributed by atoms with Gasteiger partial charge in [-0.05, 0) is 26.2 Å². The van der Waals surface area contributed by atoms with E-state index in [2.05, 4.69) is 6.92 Å². The Kier molecular flexibility index (Phi) is 4.54. The van der Waals surface area contributed by atoms with Gasteiger partial charge in [0.1, 0.15) is 5.60 Å². The fourth-order valence-corrected chi connectivity index (χ4v) is 2.02. The van der Waals surface area contributed by atoms with Crippen molar-refractivity contribution in [2.45, 2.75) is 38.7 Å². The van der Waals surface area contributed by atoms with Gasteiger partial charge in [-0.1, -0.05) is 6.92 Å². The van der Waals surface area contributed by atoms with Crippen LogP contribution in [0.25, 0.3) is 0 Å². The van der Waals surface area contributed by atoms with Gasteiger partial charge in [0.2, 0.25) is 0 Å². The molecule has 0 aliphatic carbocycles. The summed E-state index contributed by atoms with van der Waals surface area (Å²) < 4.78 is 5.54. The summed E-state index contributed by atoms with van der Waals surface area (Å²) in [5, 5.41) is 0. The van der Waals surface area contributed by atoms with Crippen molar-refractivity contribution in [1.29, 1.82) is 0 Å². The fourth-order valence-electron chi connectivity index (χ4n) is 2.02. The molecule has 1 aliphatic rings. The number of hydrogen-bond donors (Lipinski definition) is 1. The third-order valence-electron chi connectivity index (χ3n) is 2.85. The van der Waals surface area contributed by atoms with Gasteiger partial charge in [-0.3, -0.25) is 4.79 Å². The summed E-state index contributed by atoms with van der Waals surface area (Å²) in [5.74, 6) is 0.104. The molecule has 4 heteroatoms. The maximum absolute atomic E-state index is 12.2. The monoisotopic (exact) mass is 214 g/mol. The van der Waals surface area contributed by atoms with Crippen LogP contribution in [0.15, 0.2) is 0 Å². The summed E-state index contributed by atoms with van der Waals surface area (Å²) in [6, 6.07) is 0. The Morgan fingerprint density at radius 2 is 2.27 bits per heavy atom. The molecule has 0 saturated carbocycles. The predicted octanol–water partition coefficient (Wildman–Crippen LogP) is 0.753. The van der Waals surface area contributed by atoms with Gasteiger partial charge in [0, 0.05) is 26.2 Å². The predicted molar refractivity (Wildman–Crippen MR) is 59.5 cm³/mol. The van der Waals surface area contributed by atoms with Crippen molar-refractivity contribution in [3.8, 4) is 0 Å². The first-order valence-electron chi connectivity index (χ1n) is 5.77. The largest absolute Gasteiger partial charge is 0.365 e. The lowest BCUT2D eigenvalue weighted by Gasteiger charge is -2.30. The van der Waals surface area contributed by atoms with E-state index in [1.807, 2.05) is 11.8 Å². The van der Waals surface area contributed by atoms with Crippen molar-refractivity contribution in [3.05, 3.63) is 0 Å². The van der Waals surface area contributed by atoms with Gasteiger partial charge >= 0.3 is 0 Å². The lowest BCUT2D eigenvalue weighted by atomic mass is 10.0. The first-order chi connectivity index (χ1) is 7.14. The highest BCUT2D eigenvalue weighted by Crippen LogP contribution is 2.27. The molecule has 15 heavy (non-hydrogen) atoms. The van der Waals surface area contributed by atoms with E-state index in [0.717, 1.165) is 25.8 Å². The topological polar surface area (TPSA) is 55.6 Å². The number of hydrogen-bond acceptors (Lipinski definition) is 3. The van der Waals surface area contributed by atoms with Crippen molar-refractivity contribution in [3.63, 3.8) is 0 Å². The quantitative estimate of drug-likeness (QED) is 0.735. The maximum Gasteiger partial charge on any atom is 0.254 e. The van der Waals surface area contributed by atoms with Crippen LogP contribution in [0.3, 0.4) is 0 Å². The Hall–Kier alpha value is -0.610. The Morgan fingerprint density at radius 3 is 2.73 bits per heavy atom. The first kappa shape index (κ1) is 12.5. The van der Waals surface area contributed by atoms with Gasteiger partial charge in [0.15, 0.2) is 0 Å². The fraction of sp³-hybridized carbons (Fsp3) is 0.909. The number of carbonyl (C=O) groups excluding carboxylic acids is 1. The van der Waals surface area contributed by atoms with Gasteiger partial charge in [-0.25, -0.2) is 0 Å². The van der Waals surface area contributed by atoms with Crippen LogP contribution in [0.5, 0.6) is 0 Å². The maximum atomic E-state index is 12.2. The summed E-state index contributed by atoms with van der Waals surface area (Å²) in [6.07, 6.45) is 2.77. The molecule has 2 N–H and O–H groups in total. The van der Waals surface area contributed by atoms with Crippen LogP contribution in [-0.4, -0.2) is 42.6 Å². The molecule has 1 heterocycles. The number of nitrogens with two attached hydrogens (primary N) is 1. The average molecular weight is 214 g/mol. The molecule has 1 aliphatic heterocycles. The molecule has 1 rings (SSSR count). The average Bonchev–Trinajstić information content (AvgIpc) is 2.65. The molecular weight excluding hydrogens is 192 g/mol. The molecule has 1 unspecified atom stereocenters. The van der Waals surface area contributed by atoms with E-state index in [-0.39, 0.29) is 5.91 Å². The number of nitrogens with zero attached hydrogens (tertiary/aromatic N) is 1. The minimum atomic E-state index is -0.593. The molecule has 0 aromatic carbocycles. The third kappa shape index (κ3) is 2.92. The highest BCUT2D eigenvalue weighted by Gasteiger charge is 2.40. The van der Waals surface area contributed by atoms with Crippen molar-refractivity contribution < 1.29 is 9.53 Å². The van der Waals surface area contributed by atoms with Crippen LogP contribution >= 0.6 is 0 Å². The van der Waals surface area contributed by atoms with Gasteiger partial charge < -0.3 is 15.4 Å². The van der Waals surface area contributed by atoms with Gasteiger partial charge in [0.25, 0.3) is 5.91 Å². The molecule has 0 aromatic rings. The van der Waals surface area contributed by atoms with E-state index >= 15 is 0 Å². The van der Waals surface area contributed by atoms with E-state index < -0.39 is 5.60 Å². The summed E-state index contributed by atoms with van der Waals surface area (Å²) in [6.45, 7) is 6.57. The molecule has 1 fully saturated rings. The summed E-state index contributed by atoms with van der Waals surface area (Å²) in [5.41, 5.74) is 4.91. The Labute approximate surface area is 91.8 Å². The Bertz CT molecular complexity index is 207. The molecule has 0 bridgehead atoms. The third-order valence-corrected chi connectivity index (χ3v) is 2.85. The molecule has 1 saturated heterocycles. The van der Waals surface area contributed by atoms with Crippen molar-refractivity contribution in [2.24, 2.45) is 5.73 Å². The number of carbonyl (C=O) groups is 1. The summed E-state index contributed by atoms with van der Waals surface area (Å²) in [7, 11) is 0. The van der Waals surface area contributed by atoms with E-state index in [1.54, 1.807) is 0 Å². The zero-order chi connectivity index (χ0) is 11.3. The van der Waals surface area contributed by atoms with Crippen LogP contribution in [0.4, 0.5) is 0 Å². The zero-order valence-corrected chi connectivity index (χ0v) is 9.79. The molecule has 1 atom stereocenters. The van der Waals surface area contributed by atoms with Gasteiger partial charge in [-0.2, -0.15) is 0 Å². The first-order valence-corrected chi connectivity index (χ1v) is 5.77. The highest BCUT2D eigenvalue weighted by atomic mass is 16.5. The smallest absolute Gasteiger partial charge is 0.254 e. The Balaban J connectivity index is 2.61. The highest BCUT2D eigenvalue weighted by molar-refractivity contribution is 5.85. The second-order valence-electron chi connectivity index (χ2n) is 4.26.